The van der Waals surface area contributed by atoms with Gasteiger partial charge in [-0.2, -0.15) is 0 Å². The summed E-state index contributed by atoms with van der Waals surface area (Å²) in [5.74, 6) is 0.0942. The fraction of sp³-hybridized carbons (Fsp3) is 0.462. The Bertz CT molecular complexity index is 404. The van der Waals surface area contributed by atoms with Crippen LogP contribution in [0, 0.1) is 12.3 Å². The first kappa shape index (κ1) is 13.7. The van der Waals surface area contributed by atoms with Crippen molar-refractivity contribution < 1.29 is 5.11 Å². The van der Waals surface area contributed by atoms with Gasteiger partial charge in [0.15, 0.2) is 0 Å². The molecule has 0 amide bonds. The summed E-state index contributed by atoms with van der Waals surface area (Å²) in [5, 5.41) is 16.5. The van der Waals surface area contributed by atoms with E-state index in [0.29, 0.717) is 0 Å². The maximum atomic E-state index is 9.08. The molecular formula is C13H21N3O. The second kappa shape index (κ2) is 5.80. The highest BCUT2D eigenvalue weighted by atomic mass is 16.3. The molecule has 4 N–H and O–H groups in total. The molecule has 1 aromatic rings. The summed E-state index contributed by atoms with van der Waals surface area (Å²) in [4.78, 5) is 2.09. The summed E-state index contributed by atoms with van der Waals surface area (Å²) in [5.41, 5.74) is 8.51. The van der Waals surface area contributed by atoms with E-state index in [-0.39, 0.29) is 18.5 Å². The van der Waals surface area contributed by atoms with E-state index >= 15 is 0 Å². The topological polar surface area (TPSA) is 73.3 Å². The van der Waals surface area contributed by atoms with Gasteiger partial charge in [-0.15, -0.1) is 0 Å². The maximum absolute atomic E-state index is 9.08. The van der Waals surface area contributed by atoms with E-state index < -0.39 is 0 Å². The molecule has 4 nitrogen and oxygen atoms in total. The molecule has 94 valence electrons. The number of aliphatic hydroxyl groups is 1. The molecule has 17 heavy (non-hydrogen) atoms. The molecule has 1 rings (SSSR count). The molecule has 0 spiro atoms. The van der Waals surface area contributed by atoms with Gasteiger partial charge in [0.1, 0.15) is 5.84 Å². The van der Waals surface area contributed by atoms with E-state index in [1.807, 2.05) is 39.1 Å². The molecule has 0 radical (unpaired) electrons. The molecule has 0 aromatic heterocycles. The lowest BCUT2D eigenvalue weighted by Crippen LogP contribution is -2.31. The van der Waals surface area contributed by atoms with Crippen molar-refractivity contribution in [3.63, 3.8) is 0 Å². The van der Waals surface area contributed by atoms with Gasteiger partial charge < -0.3 is 10.8 Å². The molecule has 0 aliphatic rings. The first-order valence-corrected chi connectivity index (χ1v) is 5.70. The van der Waals surface area contributed by atoms with Crippen LogP contribution in [-0.4, -0.2) is 35.5 Å². The molecule has 0 aliphatic heterocycles. The van der Waals surface area contributed by atoms with Gasteiger partial charge in [-0.25, -0.2) is 0 Å². The molecular weight excluding hydrogens is 214 g/mol. The Kier molecular flexibility index (Phi) is 4.66. The smallest absolute Gasteiger partial charge is 0.122 e. The van der Waals surface area contributed by atoms with Crippen molar-refractivity contribution in [3.8, 4) is 0 Å². The summed E-state index contributed by atoms with van der Waals surface area (Å²) in [7, 11) is 1.99. The number of hydrogen-bond acceptors (Lipinski definition) is 3. The van der Waals surface area contributed by atoms with E-state index in [2.05, 4.69) is 4.90 Å². The van der Waals surface area contributed by atoms with E-state index in [1.54, 1.807) is 0 Å². The van der Waals surface area contributed by atoms with Gasteiger partial charge in [-0.1, -0.05) is 12.1 Å². The highest BCUT2D eigenvalue weighted by molar-refractivity contribution is 5.95. The summed E-state index contributed by atoms with van der Waals surface area (Å²) >= 11 is 0. The van der Waals surface area contributed by atoms with Crippen molar-refractivity contribution in [2.75, 3.05) is 13.7 Å². The SMILES string of the molecule is Cc1cc(C(=N)N)ccc1CN(C)C(C)CO. The van der Waals surface area contributed by atoms with Gasteiger partial charge in [0.25, 0.3) is 0 Å². The predicted molar refractivity (Wildman–Crippen MR) is 70.2 cm³/mol. The number of nitrogen functional groups attached to an aromatic ring is 1. The number of aryl methyl sites for hydroxylation is 1. The van der Waals surface area contributed by atoms with Gasteiger partial charge >= 0.3 is 0 Å². The third-order valence-electron chi connectivity index (χ3n) is 3.09. The Labute approximate surface area is 103 Å². The van der Waals surface area contributed by atoms with Crippen LogP contribution in [-0.2, 0) is 6.54 Å². The van der Waals surface area contributed by atoms with Crippen LogP contribution in [0.1, 0.15) is 23.6 Å². The van der Waals surface area contributed by atoms with Crippen molar-refractivity contribution in [1.29, 1.82) is 5.41 Å². The summed E-state index contributed by atoms with van der Waals surface area (Å²) in [6.07, 6.45) is 0. The summed E-state index contributed by atoms with van der Waals surface area (Å²) in [6.45, 7) is 4.94. The molecule has 0 heterocycles. The lowest BCUT2D eigenvalue weighted by Gasteiger charge is -2.23. The number of rotatable bonds is 5. The number of nitrogens with two attached hydrogens (primary N) is 1. The summed E-state index contributed by atoms with van der Waals surface area (Å²) < 4.78 is 0. The first-order chi connectivity index (χ1) is 7.95. The van der Waals surface area contributed by atoms with E-state index in [4.69, 9.17) is 16.2 Å². The Hall–Kier alpha value is -1.39. The highest BCUT2D eigenvalue weighted by Crippen LogP contribution is 2.14. The number of hydrogen-bond donors (Lipinski definition) is 3. The third kappa shape index (κ3) is 3.54. The van der Waals surface area contributed by atoms with E-state index in [0.717, 1.165) is 17.7 Å². The lowest BCUT2D eigenvalue weighted by atomic mass is 10.0. The van der Waals surface area contributed by atoms with Gasteiger partial charge in [0.2, 0.25) is 0 Å². The molecule has 0 fully saturated rings. The number of nitrogens with zero attached hydrogens (tertiary/aromatic N) is 1. The molecule has 0 bridgehead atoms. The van der Waals surface area contributed by atoms with Crippen LogP contribution in [0.25, 0.3) is 0 Å². The van der Waals surface area contributed by atoms with Crippen LogP contribution >= 0.6 is 0 Å². The normalized spacial score (nSPS) is 12.8. The van der Waals surface area contributed by atoms with Crippen LogP contribution in [0.5, 0.6) is 0 Å². The van der Waals surface area contributed by atoms with Crippen molar-refractivity contribution in [1.82, 2.24) is 4.90 Å². The first-order valence-electron chi connectivity index (χ1n) is 5.70. The van der Waals surface area contributed by atoms with Gasteiger partial charge in [-0.3, -0.25) is 10.3 Å². The molecule has 1 unspecified atom stereocenters. The van der Waals surface area contributed by atoms with Crippen molar-refractivity contribution in [3.05, 3.63) is 34.9 Å². The Balaban J connectivity index is 2.82. The van der Waals surface area contributed by atoms with Crippen LogP contribution in [0.3, 0.4) is 0 Å². The number of nitrogens with one attached hydrogen (secondary N) is 1. The number of likely N-dealkylation sites (N-methyl/N-ethyl adjacent to an activating group) is 1. The van der Waals surface area contributed by atoms with Gasteiger partial charge in [0, 0.05) is 18.2 Å². The number of amidine groups is 1. The fourth-order valence-electron chi connectivity index (χ4n) is 1.60. The number of benzene rings is 1. The molecule has 0 saturated heterocycles. The minimum atomic E-state index is 0.0942. The Morgan fingerprint density at radius 3 is 2.65 bits per heavy atom. The van der Waals surface area contributed by atoms with E-state index in [9.17, 15) is 0 Å². The lowest BCUT2D eigenvalue weighted by molar-refractivity contribution is 0.154. The molecule has 4 heteroatoms. The van der Waals surface area contributed by atoms with Crippen molar-refractivity contribution >= 4 is 5.84 Å². The van der Waals surface area contributed by atoms with Crippen LogP contribution < -0.4 is 5.73 Å². The van der Waals surface area contributed by atoms with Crippen LogP contribution in [0.4, 0.5) is 0 Å². The minimum Gasteiger partial charge on any atom is -0.395 e. The standard InChI is InChI=1S/C13H21N3O/c1-9-6-11(13(14)15)4-5-12(9)7-16(3)10(2)8-17/h4-6,10,17H,7-8H2,1-3H3,(H3,14,15). The fourth-order valence-corrected chi connectivity index (χ4v) is 1.60. The highest BCUT2D eigenvalue weighted by Gasteiger charge is 2.10. The second-order valence-electron chi connectivity index (χ2n) is 4.50. The quantitative estimate of drug-likeness (QED) is 0.528. The molecule has 0 saturated carbocycles. The Morgan fingerprint density at radius 1 is 1.53 bits per heavy atom. The number of aliphatic hydroxyl groups excluding tert-OH is 1. The van der Waals surface area contributed by atoms with E-state index in [1.165, 1.54) is 5.56 Å². The zero-order valence-corrected chi connectivity index (χ0v) is 10.7. The van der Waals surface area contributed by atoms with Crippen LogP contribution in [0.2, 0.25) is 0 Å². The largest absolute Gasteiger partial charge is 0.395 e. The van der Waals surface area contributed by atoms with Crippen molar-refractivity contribution in [2.24, 2.45) is 5.73 Å². The molecule has 1 aromatic carbocycles. The van der Waals surface area contributed by atoms with Gasteiger partial charge in [-0.05, 0) is 38.1 Å². The second-order valence-corrected chi connectivity index (χ2v) is 4.50. The Morgan fingerprint density at radius 2 is 2.18 bits per heavy atom. The predicted octanol–water partition coefficient (Wildman–Crippen LogP) is 1.09. The zero-order valence-electron chi connectivity index (χ0n) is 10.7. The maximum Gasteiger partial charge on any atom is 0.122 e. The van der Waals surface area contributed by atoms with Crippen molar-refractivity contribution in [2.45, 2.75) is 26.4 Å². The molecule has 1 atom stereocenters. The summed E-state index contributed by atoms with van der Waals surface area (Å²) in [6, 6.07) is 5.92. The monoisotopic (exact) mass is 235 g/mol. The average molecular weight is 235 g/mol. The zero-order chi connectivity index (χ0) is 13.0. The van der Waals surface area contributed by atoms with Crippen LogP contribution in [0.15, 0.2) is 18.2 Å². The molecule has 0 aliphatic carbocycles. The minimum absolute atomic E-state index is 0.0942. The third-order valence-corrected chi connectivity index (χ3v) is 3.09. The van der Waals surface area contributed by atoms with Gasteiger partial charge in [0.05, 0.1) is 6.61 Å². The average Bonchev–Trinajstić information content (AvgIpc) is 2.30.